The van der Waals surface area contributed by atoms with Gasteiger partial charge in [-0.25, -0.2) is 13.1 Å². The number of carbonyl (C=O) groups excluding carboxylic acids is 1. The molecule has 23 heavy (non-hydrogen) atoms. The molecule has 0 aliphatic heterocycles. The van der Waals surface area contributed by atoms with Crippen molar-refractivity contribution in [1.29, 1.82) is 0 Å². The highest BCUT2D eigenvalue weighted by molar-refractivity contribution is 7.88. The lowest BCUT2D eigenvalue weighted by molar-refractivity contribution is -0.122. The number of aliphatic hydroxyl groups excluding tert-OH is 1. The number of aliphatic hydroxyl groups is 1. The molecular formula is C15H23N3O4S. The van der Waals surface area contributed by atoms with Gasteiger partial charge in [0.2, 0.25) is 15.9 Å². The van der Waals surface area contributed by atoms with Gasteiger partial charge in [-0.15, -0.1) is 0 Å². The van der Waals surface area contributed by atoms with Crippen LogP contribution in [0.3, 0.4) is 0 Å². The Morgan fingerprint density at radius 3 is 2.74 bits per heavy atom. The molecule has 1 aliphatic carbocycles. The van der Waals surface area contributed by atoms with Crippen molar-refractivity contribution in [3.05, 3.63) is 30.1 Å². The Kier molecular flexibility index (Phi) is 6.09. The number of aromatic nitrogens is 1. The second-order valence-electron chi connectivity index (χ2n) is 6.00. The number of pyridine rings is 1. The predicted molar refractivity (Wildman–Crippen MR) is 86.1 cm³/mol. The normalized spacial score (nSPS) is 22.2. The average molecular weight is 341 g/mol. The first-order chi connectivity index (χ1) is 10.8. The second-order valence-corrected chi connectivity index (χ2v) is 7.83. The molecule has 8 heteroatoms. The van der Waals surface area contributed by atoms with Crippen molar-refractivity contribution in [3.63, 3.8) is 0 Å². The molecule has 0 spiro atoms. The van der Waals surface area contributed by atoms with Gasteiger partial charge in [0.25, 0.3) is 0 Å². The van der Waals surface area contributed by atoms with Crippen LogP contribution in [0.2, 0.25) is 0 Å². The topological polar surface area (TPSA) is 108 Å². The molecule has 0 radical (unpaired) electrons. The van der Waals surface area contributed by atoms with E-state index in [9.17, 15) is 18.3 Å². The number of nitrogens with one attached hydrogen (secondary N) is 2. The SMILES string of the molecule is CS(=O)(=O)NCCC(=O)N[C@H](Cc1ccccn1)C1CC(O)C1. The van der Waals surface area contributed by atoms with Crippen LogP contribution in [0, 0.1) is 5.92 Å². The van der Waals surface area contributed by atoms with Gasteiger partial charge in [0, 0.05) is 37.3 Å². The number of hydrogen-bond donors (Lipinski definition) is 3. The van der Waals surface area contributed by atoms with Crippen LogP contribution in [-0.2, 0) is 21.2 Å². The summed E-state index contributed by atoms with van der Waals surface area (Å²) >= 11 is 0. The maximum Gasteiger partial charge on any atom is 0.221 e. The Bertz CT molecular complexity index is 615. The number of sulfonamides is 1. The summed E-state index contributed by atoms with van der Waals surface area (Å²) in [5.74, 6) is 0.0160. The predicted octanol–water partition coefficient (Wildman–Crippen LogP) is -0.181. The molecule has 0 saturated heterocycles. The molecule has 128 valence electrons. The highest BCUT2D eigenvalue weighted by Crippen LogP contribution is 2.31. The van der Waals surface area contributed by atoms with Crippen molar-refractivity contribution >= 4 is 15.9 Å². The second kappa shape index (κ2) is 7.85. The van der Waals surface area contributed by atoms with Crippen LogP contribution in [0.4, 0.5) is 0 Å². The van der Waals surface area contributed by atoms with E-state index in [0.717, 1.165) is 11.9 Å². The molecule has 1 aromatic rings. The number of amides is 1. The lowest BCUT2D eigenvalue weighted by atomic mass is 9.76. The first-order valence-electron chi connectivity index (χ1n) is 7.65. The molecule has 1 aliphatic rings. The van der Waals surface area contributed by atoms with Gasteiger partial charge in [0.1, 0.15) is 0 Å². The maximum atomic E-state index is 12.0. The zero-order valence-electron chi connectivity index (χ0n) is 13.1. The summed E-state index contributed by atoms with van der Waals surface area (Å²) in [6.45, 7) is 0.0776. The highest BCUT2D eigenvalue weighted by Gasteiger charge is 2.34. The van der Waals surface area contributed by atoms with Gasteiger partial charge < -0.3 is 10.4 Å². The molecular weight excluding hydrogens is 318 g/mol. The molecule has 7 nitrogen and oxygen atoms in total. The number of nitrogens with zero attached hydrogens (tertiary/aromatic N) is 1. The van der Waals surface area contributed by atoms with Crippen molar-refractivity contribution < 1.29 is 18.3 Å². The maximum absolute atomic E-state index is 12.0. The lowest BCUT2D eigenvalue weighted by Gasteiger charge is -2.38. The lowest BCUT2D eigenvalue weighted by Crippen LogP contribution is -2.48. The van der Waals surface area contributed by atoms with Crippen molar-refractivity contribution in [3.8, 4) is 0 Å². The molecule has 2 rings (SSSR count). The Hall–Kier alpha value is -1.51. The third-order valence-electron chi connectivity index (χ3n) is 3.94. The van der Waals surface area contributed by atoms with E-state index in [-0.39, 0.29) is 36.9 Å². The first-order valence-corrected chi connectivity index (χ1v) is 9.54. The van der Waals surface area contributed by atoms with Gasteiger partial charge in [-0.05, 0) is 30.9 Å². The van der Waals surface area contributed by atoms with Crippen molar-refractivity contribution in [1.82, 2.24) is 15.0 Å². The van der Waals surface area contributed by atoms with Gasteiger partial charge in [-0.1, -0.05) is 6.07 Å². The van der Waals surface area contributed by atoms with Crippen LogP contribution >= 0.6 is 0 Å². The molecule has 0 unspecified atom stereocenters. The van der Waals surface area contributed by atoms with E-state index in [2.05, 4.69) is 15.0 Å². The van der Waals surface area contributed by atoms with Crippen molar-refractivity contribution in [2.24, 2.45) is 5.92 Å². The Balaban J connectivity index is 1.88. The molecule has 1 atom stereocenters. The minimum atomic E-state index is -3.29. The molecule has 1 amide bonds. The summed E-state index contributed by atoms with van der Waals surface area (Å²) in [6.07, 6.45) is 4.49. The van der Waals surface area contributed by atoms with Crippen molar-refractivity contribution in [2.75, 3.05) is 12.8 Å². The van der Waals surface area contributed by atoms with Crippen LogP contribution in [0.15, 0.2) is 24.4 Å². The van der Waals surface area contributed by atoms with Crippen LogP contribution in [0.25, 0.3) is 0 Å². The van der Waals surface area contributed by atoms with E-state index in [1.807, 2.05) is 18.2 Å². The van der Waals surface area contributed by atoms with Gasteiger partial charge >= 0.3 is 0 Å². The van der Waals surface area contributed by atoms with Crippen LogP contribution in [0.5, 0.6) is 0 Å². The van der Waals surface area contributed by atoms with E-state index >= 15 is 0 Å². The van der Waals surface area contributed by atoms with Gasteiger partial charge in [-0.2, -0.15) is 0 Å². The van der Waals surface area contributed by atoms with Gasteiger partial charge in [0.15, 0.2) is 0 Å². The molecule has 0 aromatic carbocycles. The van der Waals surface area contributed by atoms with E-state index in [4.69, 9.17) is 0 Å². The van der Waals surface area contributed by atoms with E-state index in [1.54, 1.807) is 6.20 Å². The Labute approximate surface area is 136 Å². The molecule has 3 N–H and O–H groups in total. The minimum Gasteiger partial charge on any atom is -0.393 e. The standard InChI is InChI=1S/C15H23N3O4S/c1-23(21,22)17-7-5-15(20)18-14(11-8-13(19)9-11)10-12-4-2-3-6-16-12/h2-4,6,11,13-14,17,19H,5,7-10H2,1H3,(H,18,20)/t11?,13?,14-/m1/s1. The highest BCUT2D eigenvalue weighted by atomic mass is 32.2. The summed E-state index contributed by atoms with van der Waals surface area (Å²) in [4.78, 5) is 16.3. The largest absolute Gasteiger partial charge is 0.393 e. The number of rotatable bonds is 8. The van der Waals surface area contributed by atoms with E-state index in [0.29, 0.717) is 19.3 Å². The average Bonchev–Trinajstić information content (AvgIpc) is 2.43. The fourth-order valence-electron chi connectivity index (χ4n) is 2.67. The third kappa shape index (κ3) is 6.25. The summed E-state index contributed by atoms with van der Waals surface area (Å²) in [5.41, 5.74) is 0.883. The van der Waals surface area contributed by atoms with E-state index in [1.165, 1.54) is 0 Å². The molecule has 1 saturated carbocycles. The summed E-state index contributed by atoms with van der Waals surface area (Å²) < 4.78 is 24.3. The number of carbonyl (C=O) groups is 1. The first kappa shape index (κ1) is 17.8. The Morgan fingerprint density at radius 2 is 2.17 bits per heavy atom. The van der Waals surface area contributed by atoms with Gasteiger partial charge in [0.05, 0.1) is 12.4 Å². The minimum absolute atomic E-state index is 0.0776. The summed E-state index contributed by atoms with van der Waals surface area (Å²) in [7, 11) is -3.29. The zero-order valence-corrected chi connectivity index (χ0v) is 13.9. The summed E-state index contributed by atoms with van der Waals surface area (Å²) in [5, 5.41) is 12.4. The zero-order chi connectivity index (χ0) is 16.9. The van der Waals surface area contributed by atoms with Crippen molar-refractivity contribution in [2.45, 2.75) is 37.8 Å². The molecule has 1 fully saturated rings. The molecule has 0 bridgehead atoms. The van der Waals surface area contributed by atoms with Crippen LogP contribution in [0.1, 0.15) is 25.0 Å². The monoisotopic (exact) mass is 341 g/mol. The third-order valence-corrected chi connectivity index (χ3v) is 4.67. The number of hydrogen-bond acceptors (Lipinski definition) is 5. The molecule has 1 heterocycles. The quantitative estimate of drug-likeness (QED) is 0.608. The smallest absolute Gasteiger partial charge is 0.221 e. The van der Waals surface area contributed by atoms with Crippen LogP contribution in [-0.4, -0.2) is 49.4 Å². The fourth-order valence-corrected chi connectivity index (χ4v) is 3.14. The summed E-state index contributed by atoms with van der Waals surface area (Å²) in [6, 6.07) is 5.53. The molecule has 1 aromatic heterocycles. The Morgan fingerprint density at radius 1 is 1.43 bits per heavy atom. The van der Waals surface area contributed by atoms with E-state index < -0.39 is 10.0 Å². The fraction of sp³-hybridized carbons (Fsp3) is 0.600. The van der Waals surface area contributed by atoms with Gasteiger partial charge in [-0.3, -0.25) is 9.78 Å². The van der Waals surface area contributed by atoms with Crippen LogP contribution < -0.4 is 10.0 Å².